The van der Waals surface area contributed by atoms with E-state index in [1.807, 2.05) is 0 Å². The van der Waals surface area contributed by atoms with Crippen molar-refractivity contribution in [2.75, 3.05) is 39.4 Å². The van der Waals surface area contributed by atoms with Gasteiger partial charge in [0, 0.05) is 38.2 Å². The number of aryl methyl sites for hydroxylation is 1. The fourth-order valence-corrected chi connectivity index (χ4v) is 3.63. The molecular formula is C19H30IN3O. The van der Waals surface area contributed by atoms with E-state index >= 15 is 0 Å². The number of aliphatic imine (C=N–C) groups is 1. The van der Waals surface area contributed by atoms with Crippen LogP contribution < -0.4 is 5.32 Å². The quantitative estimate of drug-likeness (QED) is 0.329. The molecule has 1 aromatic carbocycles. The summed E-state index contributed by atoms with van der Waals surface area (Å²) in [5.74, 6) is 1.09. The minimum absolute atomic E-state index is 0. The summed E-state index contributed by atoms with van der Waals surface area (Å²) in [4.78, 5) is 7.29. The van der Waals surface area contributed by atoms with E-state index in [2.05, 4.69) is 47.5 Å². The van der Waals surface area contributed by atoms with Crippen LogP contribution in [0, 0.1) is 5.41 Å². The van der Waals surface area contributed by atoms with Crippen molar-refractivity contribution in [1.29, 1.82) is 0 Å². The lowest BCUT2D eigenvalue weighted by molar-refractivity contribution is 0.156. The number of rotatable bonds is 5. The van der Waals surface area contributed by atoms with Crippen LogP contribution in [0.2, 0.25) is 0 Å². The van der Waals surface area contributed by atoms with E-state index in [1.54, 1.807) is 0 Å². The lowest BCUT2D eigenvalue weighted by Gasteiger charge is -2.25. The van der Waals surface area contributed by atoms with Crippen LogP contribution >= 0.6 is 24.0 Å². The third-order valence-corrected chi connectivity index (χ3v) is 4.99. The maximum atomic E-state index is 5.63. The Balaban J connectivity index is 0.00000208. The fraction of sp³-hybridized carbons (Fsp3) is 0.632. The minimum Gasteiger partial charge on any atom is -0.381 e. The Hall–Kier alpha value is -0.820. The van der Waals surface area contributed by atoms with Gasteiger partial charge >= 0.3 is 0 Å². The average molecular weight is 443 g/mol. The normalized spacial score (nSPS) is 23.5. The number of guanidine groups is 1. The van der Waals surface area contributed by atoms with Crippen LogP contribution in [0.1, 0.15) is 31.7 Å². The predicted octanol–water partition coefficient (Wildman–Crippen LogP) is 3.32. The zero-order valence-electron chi connectivity index (χ0n) is 14.7. The summed E-state index contributed by atoms with van der Waals surface area (Å²) < 4.78 is 5.63. The molecule has 1 aromatic rings. The summed E-state index contributed by atoms with van der Waals surface area (Å²) in [6.07, 6.45) is 4.64. The molecule has 2 aliphatic heterocycles. The number of halogens is 1. The highest BCUT2D eigenvalue weighted by molar-refractivity contribution is 14.0. The SMILES string of the molecule is CCNC(=NCCCc1ccccc1)N1CCC2(CCOC2)C1.I. The van der Waals surface area contributed by atoms with Gasteiger partial charge in [0.2, 0.25) is 0 Å². The van der Waals surface area contributed by atoms with E-state index < -0.39 is 0 Å². The molecule has 0 aromatic heterocycles. The molecule has 4 nitrogen and oxygen atoms in total. The van der Waals surface area contributed by atoms with Crippen LogP contribution in [0.25, 0.3) is 0 Å². The second-order valence-electron chi connectivity index (χ2n) is 6.80. The first kappa shape index (κ1) is 19.5. The molecule has 0 saturated carbocycles. The van der Waals surface area contributed by atoms with Gasteiger partial charge in [0.15, 0.2) is 5.96 Å². The van der Waals surface area contributed by atoms with E-state index in [1.165, 1.54) is 18.4 Å². The summed E-state index contributed by atoms with van der Waals surface area (Å²) in [5, 5.41) is 3.46. The summed E-state index contributed by atoms with van der Waals surface area (Å²) in [5.41, 5.74) is 1.79. The number of likely N-dealkylation sites (tertiary alicyclic amines) is 1. The summed E-state index contributed by atoms with van der Waals surface area (Å²) in [6, 6.07) is 10.7. The lowest BCUT2D eigenvalue weighted by Crippen LogP contribution is -2.41. The molecule has 24 heavy (non-hydrogen) atoms. The third-order valence-electron chi connectivity index (χ3n) is 4.99. The molecule has 1 N–H and O–H groups in total. The molecule has 5 heteroatoms. The number of hydrogen-bond donors (Lipinski definition) is 1. The molecule has 2 aliphatic rings. The van der Waals surface area contributed by atoms with Gasteiger partial charge in [-0.1, -0.05) is 30.3 Å². The number of hydrogen-bond acceptors (Lipinski definition) is 2. The fourth-order valence-electron chi connectivity index (χ4n) is 3.63. The predicted molar refractivity (Wildman–Crippen MR) is 110 cm³/mol. The number of ether oxygens (including phenoxy) is 1. The Morgan fingerprint density at radius 1 is 1.29 bits per heavy atom. The molecule has 1 atom stereocenters. The van der Waals surface area contributed by atoms with Gasteiger partial charge in [-0.05, 0) is 38.2 Å². The van der Waals surface area contributed by atoms with E-state index in [9.17, 15) is 0 Å². The van der Waals surface area contributed by atoms with Crippen molar-refractivity contribution < 1.29 is 4.74 Å². The Bertz CT molecular complexity index is 515. The van der Waals surface area contributed by atoms with Gasteiger partial charge in [0.1, 0.15) is 0 Å². The Morgan fingerprint density at radius 2 is 2.12 bits per heavy atom. The second kappa shape index (κ2) is 9.61. The second-order valence-corrected chi connectivity index (χ2v) is 6.80. The van der Waals surface area contributed by atoms with Gasteiger partial charge in [0.25, 0.3) is 0 Å². The number of nitrogens with zero attached hydrogens (tertiary/aromatic N) is 2. The average Bonchev–Trinajstić information content (AvgIpc) is 3.22. The monoisotopic (exact) mass is 443 g/mol. The van der Waals surface area contributed by atoms with Crippen molar-refractivity contribution in [3.05, 3.63) is 35.9 Å². The van der Waals surface area contributed by atoms with E-state index in [0.29, 0.717) is 5.41 Å². The maximum absolute atomic E-state index is 5.63. The van der Waals surface area contributed by atoms with Crippen LogP contribution in [-0.2, 0) is 11.2 Å². The van der Waals surface area contributed by atoms with E-state index in [0.717, 1.165) is 58.2 Å². The molecule has 1 spiro atoms. The van der Waals surface area contributed by atoms with Gasteiger partial charge in [-0.2, -0.15) is 0 Å². The summed E-state index contributed by atoms with van der Waals surface area (Å²) in [6.45, 7) is 8.01. The van der Waals surface area contributed by atoms with Crippen LogP contribution in [-0.4, -0.2) is 50.3 Å². The molecule has 0 aliphatic carbocycles. The van der Waals surface area contributed by atoms with Gasteiger partial charge in [-0.15, -0.1) is 24.0 Å². The highest BCUT2D eigenvalue weighted by atomic mass is 127. The topological polar surface area (TPSA) is 36.9 Å². The van der Waals surface area contributed by atoms with Crippen molar-refractivity contribution in [3.8, 4) is 0 Å². The summed E-state index contributed by atoms with van der Waals surface area (Å²) >= 11 is 0. The van der Waals surface area contributed by atoms with Gasteiger partial charge in [-0.3, -0.25) is 4.99 Å². The van der Waals surface area contributed by atoms with Crippen molar-refractivity contribution >= 4 is 29.9 Å². The first-order valence-electron chi connectivity index (χ1n) is 8.96. The van der Waals surface area contributed by atoms with Crippen molar-refractivity contribution in [1.82, 2.24) is 10.2 Å². The number of benzene rings is 1. The van der Waals surface area contributed by atoms with Gasteiger partial charge < -0.3 is 15.0 Å². The third kappa shape index (κ3) is 5.09. The van der Waals surface area contributed by atoms with Crippen LogP contribution in [0.5, 0.6) is 0 Å². The molecular weight excluding hydrogens is 413 g/mol. The first-order chi connectivity index (χ1) is 11.3. The maximum Gasteiger partial charge on any atom is 0.193 e. The Kier molecular flexibility index (Phi) is 7.81. The summed E-state index contributed by atoms with van der Waals surface area (Å²) in [7, 11) is 0. The first-order valence-corrected chi connectivity index (χ1v) is 8.96. The molecule has 1 unspecified atom stereocenters. The highest BCUT2D eigenvalue weighted by Crippen LogP contribution is 2.38. The standard InChI is InChI=1S/C19H29N3O.HI/c1-2-20-18(21-12-6-9-17-7-4-3-5-8-17)22-13-10-19(15-22)11-14-23-16-19;/h3-5,7-8H,2,6,9-16H2,1H3,(H,20,21);1H. The minimum atomic E-state index is 0. The molecule has 2 heterocycles. The van der Waals surface area contributed by atoms with Crippen LogP contribution in [0.15, 0.2) is 35.3 Å². The molecule has 134 valence electrons. The van der Waals surface area contributed by atoms with Crippen molar-refractivity contribution in [2.45, 2.75) is 32.6 Å². The molecule has 0 bridgehead atoms. The molecule has 0 radical (unpaired) electrons. The van der Waals surface area contributed by atoms with Crippen molar-refractivity contribution in [2.24, 2.45) is 10.4 Å². The highest BCUT2D eigenvalue weighted by Gasteiger charge is 2.42. The molecule has 3 rings (SSSR count). The van der Waals surface area contributed by atoms with Gasteiger partial charge in [-0.25, -0.2) is 0 Å². The Morgan fingerprint density at radius 3 is 2.83 bits per heavy atom. The van der Waals surface area contributed by atoms with Crippen LogP contribution in [0.4, 0.5) is 0 Å². The largest absolute Gasteiger partial charge is 0.381 e. The molecule has 2 fully saturated rings. The molecule has 0 amide bonds. The molecule has 2 saturated heterocycles. The van der Waals surface area contributed by atoms with Crippen molar-refractivity contribution in [3.63, 3.8) is 0 Å². The van der Waals surface area contributed by atoms with Gasteiger partial charge in [0.05, 0.1) is 6.61 Å². The smallest absolute Gasteiger partial charge is 0.193 e. The zero-order valence-corrected chi connectivity index (χ0v) is 17.0. The van der Waals surface area contributed by atoms with E-state index in [-0.39, 0.29) is 24.0 Å². The van der Waals surface area contributed by atoms with Crippen LogP contribution in [0.3, 0.4) is 0 Å². The number of nitrogens with one attached hydrogen (secondary N) is 1. The zero-order chi connectivity index (χ0) is 16.0. The van der Waals surface area contributed by atoms with E-state index in [4.69, 9.17) is 9.73 Å². The lowest BCUT2D eigenvalue weighted by atomic mass is 9.87. The Labute approximate surface area is 163 Å².